The Hall–Kier alpha value is -0.900. The standard InChI is InChI=1S/C16H27NO2/c1-5-14-7-9-15(10-8-14)16(17-6-2)13(3)19-12-11-18-4/h7-10,13,16-17H,5-6,11-12H2,1-4H3. The molecule has 1 rings (SSSR count). The highest BCUT2D eigenvalue weighted by atomic mass is 16.5. The van der Waals surface area contributed by atoms with Crippen LogP contribution in [0.3, 0.4) is 0 Å². The van der Waals surface area contributed by atoms with Crippen molar-refractivity contribution < 1.29 is 9.47 Å². The summed E-state index contributed by atoms with van der Waals surface area (Å²) in [5.41, 5.74) is 2.65. The monoisotopic (exact) mass is 265 g/mol. The maximum Gasteiger partial charge on any atom is 0.0742 e. The maximum atomic E-state index is 5.82. The van der Waals surface area contributed by atoms with E-state index in [9.17, 15) is 0 Å². The third-order valence-corrected chi connectivity index (χ3v) is 3.31. The molecule has 0 aliphatic carbocycles. The van der Waals surface area contributed by atoms with Gasteiger partial charge < -0.3 is 14.8 Å². The van der Waals surface area contributed by atoms with Crippen molar-refractivity contribution in [3.05, 3.63) is 35.4 Å². The molecule has 0 amide bonds. The maximum absolute atomic E-state index is 5.82. The molecule has 1 aromatic carbocycles. The Balaban J connectivity index is 2.68. The molecule has 3 heteroatoms. The first-order valence-electron chi connectivity index (χ1n) is 7.15. The van der Waals surface area contributed by atoms with Gasteiger partial charge in [-0.05, 0) is 31.0 Å². The molecule has 1 aromatic rings. The van der Waals surface area contributed by atoms with Gasteiger partial charge >= 0.3 is 0 Å². The van der Waals surface area contributed by atoms with Crippen molar-refractivity contribution in [2.45, 2.75) is 39.3 Å². The van der Waals surface area contributed by atoms with Crippen LogP contribution in [0.4, 0.5) is 0 Å². The van der Waals surface area contributed by atoms with Gasteiger partial charge in [0.15, 0.2) is 0 Å². The zero-order chi connectivity index (χ0) is 14.1. The first-order chi connectivity index (χ1) is 9.22. The Morgan fingerprint density at radius 3 is 2.32 bits per heavy atom. The first-order valence-corrected chi connectivity index (χ1v) is 7.15. The summed E-state index contributed by atoms with van der Waals surface area (Å²) < 4.78 is 10.8. The minimum absolute atomic E-state index is 0.127. The third kappa shape index (κ3) is 5.31. The van der Waals surface area contributed by atoms with Gasteiger partial charge in [-0.15, -0.1) is 0 Å². The van der Waals surface area contributed by atoms with Crippen LogP contribution in [0.2, 0.25) is 0 Å². The Kier molecular flexibility index (Phi) is 7.72. The molecule has 0 saturated carbocycles. The van der Waals surface area contributed by atoms with Crippen LogP contribution in [-0.2, 0) is 15.9 Å². The van der Waals surface area contributed by atoms with E-state index in [1.807, 2.05) is 0 Å². The van der Waals surface area contributed by atoms with Gasteiger partial charge in [0.05, 0.1) is 25.4 Å². The van der Waals surface area contributed by atoms with E-state index < -0.39 is 0 Å². The van der Waals surface area contributed by atoms with Crippen molar-refractivity contribution in [3.8, 4) is 0 Å². The summed E-state index contributed by atoms with van der Waals surface area (Å²) in [6.07, 6.45) is 1.20. The van der Waals surface area contributed by atoms with Gasteiger partial charge in [0.2, 0.25) is 0 Å². The van der Waals surface area contributed by atoms with Crippen LogP contribution < -0.4 is 5.32 Å². The second-order valence-corrected chi connectivity index (χ2v) is 4.70. The predicted octanol–water partition coefficient (Wildman–Crippen LogP) is 2.95. The molecular formula is C16H27NO2. The molecule has 19 heavy (non-hydrogen) atoms. The molecule has 108 valence electrons. The van der Waals surface area contributed by atoms with Crippen LogP contribution in [0.25, 0.3) is 0 Å². The van der Waals surface area contributed by atoms with E-state index in [-0.39, 0.29) is 12.1 Å². The minimum atomic E-state index is 0.127. The second-order valence-electron chi connectivity index (χ2n) is 4.70. The lowest BCUT2D eigenvalue weighted by molar-refractivity contribution is 0.00755. The number of aryl methyl sites for hydroxylation is 1. The van der Waals surface area contributed by atoms with Crippen molar-refractivity contribution in [2.24, 2.45) is 0 Å². The quantitative estimate of drug-likeness (QED) is 0.696. The summed E-state index contributed by atoms with van der Waals surface area (Å²) in [6.45, 7) is 8.60. The smallest absolute Gasteiger partial charge is 0.0742 e. The molecule has 3 nitrogen and oxygen atoms in total. The molecule has 0 aromatic heterocycles. The van der Waals surface area contributed by atoms with E-state index in [0.717, 1.165) is 13.0 Å². The number of nitrogens with one attached hydrogen (secondary N) is 1. The number of methoxy groups -OCH3 is 1. The molecule has 0 heterocycles. The van der Waals surface area contributed by atoms with Crippen molar-refractivity contribution in [1.29, 1.82) is 0 Å². The number of hydrogen-bond acceptors (Lipinski definition) is 3. The van der Waals surface area contributed by atoms with Crippen LogP contribution in [-0.4, -0.2) is 33.0 Å². The Bertz CT molecular complexity index is 337. The summed E-state index contributed by atoms with van der Waals surface area (Å²) in [6, 6.07) is 9.01. The highest BCUT2D eigenvalue weighted by Gasteiger charge is 2.18. The zero-order valence-corrected chi connectivity index (χ0v) is 12.6. The number of likely N-dealkylation sites (N-methyl/N-ethyl adjacent to an activating group) is 1. The molecule has 2 atom stereocenters. The largest absolute Gasteiger partial charge is 0.382 e. The summed E-state index contributed by atoms with van der Waals surface area (Å²) in [5.74, 6) is 0. The highest BCUT2D eigenvalue weighted by Crippen LogP contribution is 2.20. The van der Waals surface area contributed by atoms with Crippen molar-refractivity contribution in [1.82, 2.24) is 5.32 Å². The number of hydrogen-bond donors (Lipinski definition) is 1. The van der Waals surface area contributed by atoms with E-state index in [1.54, 1.807) is 7.11 Å². The Morgan fingerprint density at radius 2 is 1.79 bits per heavy atom. The van der Waals surface area contributed by atoms with E-state index in [1.165, 1.54) is 11.1 Å². The van der Waals surface area contributed by atoms with Crippen LogP contribution in [0.5, 0.6) is 0 Å². The number of benzene rings is 1. The van der Waals surface area contributed by atoms with Gasteiger partial charge in [-0.1, -0.05) is 38.1 Å². The van der Waals surface area contributed by atoms with Crippen molar-refractivity contribution in [2.75, 3.05) is 26.9 Å². The lowest BCUT2D eigenvalue weighted by Gasteiger charge is -2.25. The Labute approximate surface area is 117 Å². The van der Waals surface area contributed by atoms with E-state index in [0.29, 0.717) is 13.2 Å². The van der Waals surface area contributed by atoms with Gasteiger partial charge in [0.25, 0.3) is 0 Å². The molecule has 0 spiro atoms. The molecule has 0 radical (unpaired) electrons. The molecule has 0 saturated heterocycles. The summed E-state index contributed by atoms with van der Waals surface area (Å²) in [5, 5.41) is 3.50. The minimum Gasteiger partial charge on any atom is -0.382 e. The average molecular weight is 265 g/mol. The lowest BCUT2D eigenvalue weighted by atomic mass is 10.00. The summed E-state index contributed by atoms with van der Waals surface area (Å²) >= 11 is 0. The predicted molar refractivity (Wildman–Crippen MR) is 79.5 cm³/mol. The lowest BCUT2D eigenvalue weighted by Crippen LogP contribution is -2.32. The van der Waals surface area contributed by atoms with Crippen LogP contribution >= 0.6 is 0 Å². The van der Waals surface area contributed by atoms with Crippen LogP contribution in [0, 0.1) is 0 Å². The fraction of sp³-hybridized carbons (Fsp3) is 0.625. The molecular weight excluding hydrogens is 238 g/mol. The normalized spacial score (nSPS) is 14.3. The fourth-order valence-corrected chi connectivity index (χ4v) is 2.15. The van der Waals surface area contributed by atoms with Crippen LogP contribution in [0.15, 0.2) is 24.3 Å². The average Bonchev–Trinajstić information content (AvgIpc) is 2.45. The summed E-state index contributed by atoms with van der Waals surface area (Å²) in [7, 11) is 1.69. The molecule has 2 unspecified atom stereocenters. The zero-order valence-electron chi connectivity index (χ0n) is 12.6. The third-order valence-electron chi connectivity index (χ3n) is 3.31. The second kappa shape index (κ2) is 9.08. The molecule has 0 fully saturated rings. The van der Waals surface area contributed by atoms with Gasteiger partial charge in [0.1, 0.15) is 0 Å². The number of ether oxygens (including phenoxy) is 2. The molecule has 1 N–H and O–H groups in total. The number of rotatable bonds is 9. The van der Waals surface area contributed by atoms with E-state index in [4.69, 9.17) is 9.47 Å². The molecule has 0 aliphatic heterocycles. The summed E-state index contributed by atoms with van der Waals surface area (Å²) in [4.78, 5) is 0. The van der Waals surface area contributed by atoms with Gasteiger partial charge in [-0.3, -0.25) is 0 Å². The van der Waals surface area contributed by atoms with Crippen molar-refractivity contribution >= 4 is 0 Å². The van der Waals surface area contributed by atoms with Crippen LogP contribution in [0.1, 0.15) is 37.9 Å². The molecule has 0 aliphatic rings. The first kappa shape index (κ1) is 16.2. The fourth-order valence-electron chi connectivity index (χ4n) is 2.15. The van der Waals surface area contributed by atoms with Gasteiger partial charge in [0, 0.05) is 7.11 Å². The van der Waals surface area contributed by atoms with Gasteiger partial charge in [-0.2, -0.15) is 0 Å². The van der Waals surface area contributed by atoms with Crippen molar-refractivity contribution in [3.63, 3.8) is 0 Å². The highest BCUT2D eigenvalue weighted by molar-refractivity contribution is 5.25. The Morgan fingerprint density at radius 1 is 1.11 bits per heavy atom. The SMILES string of the molecule is CCNC(c1ccc(CC)cc1)C(C)OCCOC. The van der Waals surface area contributed by atoms with Gasteiger partial charge in [-0.25, -0.2) is 0 Å². The topological polar surface area (TPSA) is 30.5 Å². The van der Waals surface area contributed by atoms with E-state index in [2.05, 4.69) is 50.4 Å². The molecule has 0 bridgehead atoms. The van der Waals surface area contributed by atoms with E-state index >= 15 is 0 Å².